The van der Waals surface area contributed by atoms with Crippen LogP contribution >= 0.6 is 0 Å². The van der Waals surface area contributed by atoms with Crippen molar-refractivity contribution in [2.24, 2.45) is 7.05 Å². The second kappa shape index (κ2) is 6.15. The minimum Gasteiger partial charge on any atom is -0.333 e. The Bertz CT molecular complexity index is 609. The molecule has 0 N–H and O–H groups in total. The molecule has 1 unspecified atom stereocenters. The van der Waals surface area contributed by atoms with Crippen molar-refractivity contribution in [1.29, 1.82) is 0 Å². The molecule has 7 nitrogen and oxygen atoms in total. The fourth-order valence-electron chi connectivity index (χ4n) is 2.62. The first kappa shape index (κ1) is 16.0. The van der Waals surface area contributed by atoms with Crippen molar-refractivity contribution in [2.75, 3.05) is 26.4 Å². The fourth-order valence-corrected chi connectivity index (χ4v) is 3.35. The predicted octanol–water partition coefficient (Wildman–Crippen LogP) is 0.365. The highest BCUT2D eigenvalue weighted by molar-refractivity contribution is 7.89. The number of likely N-dealkylation sites (tertiary alicyclic amines) is 1. The molecule has 2 heterocycles. The topological polar surface area (TPSA) is 75.5 Å². The SMILES string of the molecule is CN(C)S(=O)(=O)CC(=O)N1CCCCC1c1ccnn1C. The van der Waals surface area contributed by atoms with Crippen LogP contribution in [0.3, 0.4) is 0 Å². The van der Waals surface area contributed by atoms with Crippen LogP contribution in [0.5, 0.6) is 0 Å². The number of carbonyl (C=O) groups is 1. The Labute approximate surface area is 125 Å². The lowest BCUT2D eigenvalue weighted by atomic mass is 9.99. The standard InChI is InChI=1S/C13H22N4O3S/c1-15(2)21(19,20)10-13(18)17-9-5-4-6-12(17)11-7-8-14-16(11)3/h7-8,12H,4-6,9-10H2,1-3H3. The summed E-state index contributed by atoms with van der Waals surface area (Å²) in [6, 6.07) is 1.80. The van der Waals surface area contributed by atoms with Gasteiger partial charge < -0.3 is 4.90 Å². The zero-order valence-corrected chi connectivity index (χ0v) is 13.5. The second-order valence-corrected chi connectivity index (χ2v) is 7.70. The van der Waals surface area contributed by atoms with Gasteiger partial charge in [0.2, 0.25) is 15.9 Å². The van der Waals surface area contributed by atoms with Crippen molar-refractivity contribution in [3.05, 3.63) is 18.0 Å². The first-order valence-corrected chi connectivity index (χ1v) is 8.61. The van der Waals surface area contributed by atoms with E-state index in [1.165, 1.54) is 14.1 Å². The van der Waals surface area contributed by atoms with Gasteiger partial charge in [-0.05, 0) is 25.3 Å². The summed E-state index contributed by atoms with van der Waals surface area (Å²) < 4.78 is 26.6. The van der Waals surface area contributed by atoms with Gasteiger partial charge in [-0.3, -0.25) is 9.48 Å². The Hall–Kier alpha value is -1.41. The van der Waals surface area contributed by atoms with Crippen LogP contribution in [0.25, 0.3) is 0 Å². The van der Waals surface area contributed by atoms with Crippen molar-refractivity contribution < 1.29 is 13.2 Å². The van der Waals surface area contributed by atoms with E-state index in [4.69, 9.17) is 0 Å². The van der Waals surface area contributed by atoms with E-state index < -0.39 is 15.8 Å². The van der Waals surface area contributed by atoms with E-state index in [0.29, 0.717) is 6.54 Å². The van der Waals surface area contributed by atoms with E-state index in [9.17, 15) is 13.2 Å². The number of hydrogen-bond donors (Lipinski definition) is 0. The van der Waals surface area contributed by atoms with E-state index in [1.807, 2.05) is 13.1 Å². The molecule has 1 fully saturated rings. The van der Waals surface area contributed by atoms with Crippen molar-refractivity contribution in [1.82, 2.24) is 19.0 Å². The fraction of sp³-hybridized carbons (Fsp3) is 0.692. The Morgan fingerprint density at radius 2 is 2.14 bits per heavy atom. The summed E-state index contributed by atoms with van der Waals surface area (Å²) in [5.74, 6) is -0.816. The number of aryl methyl sites for hydroxylation is 1. The minimum atomic E-state index is -3.53. The number of amides is 1. The maximum Gasteiger partial charge on any atom is 0.239 e. The molecule has 0 spiro atoms. The van der Waals surface area contributed by atoms with Gasteiger partial charge in [-0.25, -0.2) is 12.7 Å². The van der Waals surface area contributed by atoms with Gasteiger partial charge in [0.15, 0.2) is 0 Å². The van der Waals surface area contributed by atoms with E-state index >= 15 is 0 Å². The van der Waals surface area contributed by atoms with Crippen molar-refractivity contribution in [3.8, 4) is 0 Å². The summed E-state index contributed by atoms with van der Waals surface area (Å²) >= 11 is 0. The number of nitrogens with zero attached hydrogens (tertiary/aromatic N) is 4. The van der Waals surface area contributed by atoms with Crippen LogP contribution in [0, 0.1) is 0 Å². The van der Waals surface area contributed by atoms with Crippen LogP contribution in [0.15, 0.2) is 12.3 Å². The minimum absolute atomic E-state index is 0.0869. The maximum atomic E-state index is 12.4. The number of aromatic nitrogens is 2. The molecule has 1 aromatic rings. The third-order valence-electron chi connectivity index (χ3n) is 3.89. The summed E-state index contributed by atoms with van der Waals surface area (Å²) in [4.78, 5) is 14.1. The second-order valence-electron chi connectivity index (χ2n) is 5.52. The number of carbonyl (C=O) groups excluding carboxylic acids is 1. The summed E-state index contributed by atoms with van der Waals surface area (Å²) in [6.07, 6.45) is 4.47. The van der Waals surface area contributed by atoms with Crippen molar-refractivity contribution in [3.63, 3.8) is 0 Å². The van der Waals surface area contributed by atoms with Gasteiger partial charge in [-0.1, -0.05) is 0 Å². The van der Waals surface area contributed by atoms with E-state index in [0.717, 1.165) is 29.3 Å². The molecule has 1 aliphatic heterocycles. The van der Waals surface area contributed by atoms with Crippen LogP contribution in [0.4, 0.5) is 0 Å². The molecule has 0 aliphatic carbocycles. The largest absolute Gasteiger partial charge is 0.333 e. The van der Waals surface area contributed by atoms with E-state index in [1.54, 1.807) is 15.8 Å². The zero-order chi connectivity index (χ0) is 15.6. The van der Waals surface area contributed by atoms with Gasteiger partial charge in [0.05, 0.1) is 11.7 Å². The molecule has 2 rings (SSSR count). The predicted molar refractivity (Wildman–Crippen MR) is 79.0 cm³/mol. The van der Waals surface area contributed by atoms with Gasteiger partial charge in [0.25, 0.3) is 0 Å². The lowest BCUT2D eigenvalue weighted by Gasteiger charge is -2.36. The molecule has 0 saturated carbocycles. The number of sulfonamides is 1. The number of piperidine rings is 1. The van der Waals surface area contributed by atoms with Crippen LogP contribution in [-0.2, 0) is 21.9 Å². The molecular formula is C13H22N4O3S. The first-order chi connectivity index (χ1) is 9.83. The third-order valence-corrected chi connectivity index (χ3v) is 5.61. The Morgan fingerprint density at radius 3 is 2.71 bits per heavy atom. The summed E-state index contributed by atoms with van der Waals surface area (Å²) in [5, 5.41) is 4.14. The number of hydrogen-bond acceptors (Lipinski definition) is 4. The normalized spacial score (nSPS) is 20.0. The van der Waals surface area contributed by atoms with Crippen molar-refractivity contribution in [2.45, 2.75) is 25.3 Å². The molecule has 1 saturated heterocycles. The molecule has 1 amide bonds. The van der Waals surface area contributed by atoms with Crippen molar-refractivity contribution >= 4 is 15.9 Å². The monoisotopic (exact) mass is 314 g/mol. The molecule has 0 radical (unpaired) electrons. The Kier molecular flexibility index (Phi) is 4.67. The quantitative estimate of drug-likeness (QED) is 0.804. The van der Waals surface area contributed by atoms with Crippen LogP contribution in [0.1, 0.15) is 31.0 Å². The Balaban J connectivity index is 2.20. The van der Waals surface area contributed by atoms with E-state index in [-0.39, 0.29) is 11.9 Å². The highest BCUT2D eigenvalue weighted by atomic mass is 32.2. The first-order valence-electron chi connectivity index (χ1n) is 7.00. The molecule has 0 bridgehead atoms. The highest BCUT2D eigenvalue weighted by Crippen LogP contribution is 2.30. The highest BCUT2D eigenvalue weighted by Gasteiger charge is 2.32. The third kappa shape index (κ3) is 3.44. The summed E-state index contributed by atoms with van der Waals surface area (Å²) in [5.41, 5.74) is 0.949. The molecule has 1 atom stereocenters. The lowest BCUT2D eigenvalue weighted by Crippen LogP contribution is -2.43. The maximum absolute atomic E-state index is 12.4. The summed E-state index contributed by atoms with van der Waals surface area (Å²) in [6.45, 7) is 0.595. The van der Waals surface area contributed by atoms with Gasteiger partial charge in [-0.15, -0.1) is 0 Å². The lowest BCUT2D eigenvalue weighted by molar-refractivity contribution is -0.132. The van der Waals surface area contributed by atoms with Crippen LogP contribution in [0.2, 0.25) is 0 Å². The average Bonchev–Trinajstić information content (AvgIpc) is 2.84. The zero-order valence-electron chi connectivity index (χ0n) is 12.7. The molecule has 1 aromatic heterocycles. The average molecular weight is 314 g/mol. The molecule has 0 aromatic carbocycles. The number of rotatable bonds is 4. The van der Waals surface area contributed by atoms with Gasteiger partial charge in [-0.2, -0.15) is 5.10 Å². The van der Waals surface area contributed by atoms with Crippen LogP contribution in [-0.4, -0.2) is 59.7 Å². The Morgan fingerprint density at radius 1 is 1.43 bits per heavy atom. The van der Waals surface area contributed by atoms with E-state index in [2.05, 4.69) is 5.10 Å². The van der Waals surface area contributed by atoms with Crippen LogP contribution < -0.4 is 0 Å². The molecular weight excluding hydrogens is 292 g/mol. The summed E-state index contributed by atoms with van der Waals surface area (Å²) in [7, 11) is 1.19. The van der Waals surface area contributed by atoms with Gasteiger partial charge in [0, 0.05) is 33.9 Å². The smallest absolute Gasteiger partial charge is 0.239 e. The van der Waals surface area contributed by atoms with Gasteiger partial charge in [0.1, 0.15) is 5.75 Å². The molecule has 8 heteroatoms. The molecule has 21 heavy (non-hydrogen) atoms. The molecule has 1 aliphatic rings. The molecule has 118 valence electrons. The van der Waals surface area contributed by atoms with Gasteiger partial charge >= 0.3 is 0 Å².